The second-order valence-corrected chi connectivity index (χ2v) is 4.01. The lowest BCUT2D eigenvalue weighted by molar-refractivity contribution is 0.527. The Kier molecular flexibility index (Phi) is 4.53. The molecule has 0 bridgehead atoms. The Balaban J connectivity index is 3.21. The maximum absolute atomic E-state index is 6.17. The lowest BCUT2D eigenvalue weighted by atomic mass is 9.75. The van der Waals surface area contributed by atoms with Crippen molar-refractivity contribution >= 4 is 5.84 Å². The van der Waals surface area contributed by atoms with Gasteiger partial charge in [0.05, 0.1) is 5.41 Å². The summed E-state index contributed by atoms with van der Waals surface area (Å²) in [6.07, 6.45) is 1.98. The molecule has 0 aliphatic rings. The van der Waals surface area contributed by atoms with Crippen LogP contribution in [0.5, 0.6) is 0 Å². The SMILES string of the molecule is CCN=C(N)C(CC)(CC)c1ccccc1. The largest absolute Gasteiger partial charge is 0.387 e. The molecule has 1 aromatic rings. The van der Waals surface area contributed by atoms with E-state index >= 15 is 0 Å². The van der Waals surface area contributed by atoms with Crippen molar-refractivity contribution in [2.24, 2.45) is 10.7 Å². The van der Waals surface area contributed by atoms with Crippen molar-refractivity contribution in [1.82, 2.24) is 0 Å². The van der Waals surface area contributed by atoms with Crippen LogP contribution in [0.3, 0.4) is 0 Å². The van der Waals surface area contributed by atoms with Gasteiger partial charge >= 0.3 is 0 Å². The van der Waals surface area contributed by atoms with E-state index in [1.165, 1.54) is 5.56 Å². The van der Waals surface area contributed by atoms with Crippen LogP contribution in [0.2, 0.25) is 0 Å². The van der Waals surface area contributed by atoms with Crippen molar-refractivity contribution in [2.45, 2.75) is 39.0 Å². The Labute approximate surface area is 98.6 Å². The molecule has 0 fully saturated rings. The first kappa shape index (κ1) is 12.8. The number of amidine groups is 1. The van der Waals surface area contributed by atoms with E-state index in [4.69, 9.17) is 5.73 Å². The van der Waals surface area contributed by atoms with Gasteiger partial charge in [-0.1, -0.05) is 44.2 Å². The molecular formula is C14H22N2. The van der Waals surface area contributed by atoms with E-state index in [-0.39, 0.29) is 5.41 Å². The number of hydrogen-bond donors (Lipinski definition) is 1. The molecule has 0 aliphatic heterocycles. The van der Waals surface area contributed by atoms with Crippen LogP contribution in [0.4, 0.5) is 0 Å². The van der Waals surface area contributed by atoms with Gasteiger partial charge in [-0.2, -0.15) is 0 Å². The van der Waals surface area contributed by atoms with Crippen LogP contribution in [0.25, 0.3) is 0 Å². The van der Waals surface area contributed by atoms with Gasteiger partial charge in [0.2, 0.25) is 0 Å². The van der Waals surface area contributed by atoms with E-state index in [1.54, 1.807) is 0 Å². The summed E-state index contributed by atoms with van der Waals surface area (Å²) < 4.78 is 0. The van der Waals surface area contributed by atoms with Crippen LogP contribution in [-0.2, 0) is 5.41 Å². The van der Waals surface area contributed by atoms with Crippen molar-refractivity contribution < 1.29 is 0 Å². The average molecular weight is 218 g/mol. The Morgan fingerprint density at radius 2 is 1.69 bits per heavy atom. The summed E-state index contributed by atoms with van der Waals surface area (Å²) in [5.74, 6) is 0.770. The zero-order valence-corrected chi connectivity index (χ0v) is 10.5. The summed E-state index contributed by atoms with van der Waals surface area (Å²) >= 11 is 0. The zero-order chi connectivity index (χ0) is 12.0. The molecule has 16 heavy (non-hydrogen) atoms. The first-order valence-electron chi connectivity index (χ1n) is 6.07. The van der Waals surface area contributed by atoms with Crippen LogP contribution < -0.4 is 5.73 Å². The van der Waals surface area contributed by atoms with Crippen LogP contribution >= 0.6 is 0 Å². The minimum Gasteiger partial charge on any atom is -0.387 e. The summed E-state index contributed by atoms with van der Waals surface area (Å²) in [6, 6.07) is 10.5. The molecule has 0 spiro atoms. The van der Waals surface area contributed by atoms with Gasteiger partial charge in [0, 0.05) is 6.54 Å². The third-order valence-corrected chi connectivity index (χ3v) is 3.35. The fourth-order valence-corrected chi connectivity index (χ4v) is 2.25. The topological polar surface area (TPSA) is 38.4 Å². The summed E-state index contributed by atoms with van der Waals surface area (Å²) in [6.45, 7) is 7.12. The highest BCUT2D eigenvalue weighted by Crippen LogP contribution is 2.31. The van der Waals surface area contributed by atoms with Crippen molar-refractivity contribution in [3.05, 3.63) is 35.9 Å². The molecule has 0 aromatic heterocycles. The predicted molar refractivity (Wildman–Crippen MR) is 70.9 cm³/mol. The fraction of sp³-hybridized carbons (Fsp3) is 0.500. The van der Waals surface area contributed by atoms with E-state index in [9.17, 15) is 0 Å². The molecule has 0 amide bonds. The maximum Gasteiger partial charge on any atom is 0.104 e. The van der Waals surface area contributed by atoms with Crippen molar-refractivity contribution in [1.29, 1.82) is 0 Å². The van der Waals surface area contributed by atoms with Gasteiger partial charge in [-0.15, -0.1) is 0 Å². The molecule has 1 rings (SSSR count). The summed E-state index contributed by atoms with van der Waals surface area (Å²) in [5, 5.41) is 0. The van der Waals surface area contributed by atoms with Gasteiger partial charge in [0.15, 0.2) is 0 Å². The Morgan fingerprint density at radius 3 is 2.12 bits per heavy atom. The fourth-order valence-electron chi connectivity index (χ4n) is 2.25. The molecule has 2 nitrogen and oxygen atoms in total. The number of hydrogen-bond acceptors (Lipinski definition) is 1. The maximum atomic E-state index is 6.17. The highest BCUT2D eigenvalue weighted by atomic mass is 14.9. The lowest BCUT2D eigenvalue weighted by Gasteiger charge is -2.31. The third kappa shape index (κ3) is 2.26. The van der Waals surface area contributed by atoms with E-state index in [0.29, 0.717) is 0 Å². The minimum atomic E-state index is -0.0860. The second kappa shape index (κ2) is 5.69. The van der Waals surface area contributed by atoms with Gasteiger partial charge < -0.3 is 5.73 Å². The second-order valence-electron chi connectivity index (χ2n) is 4.01. The number of nitrogens with zero attached hydrogens (tertiary/aromatic N) is 1. The first-order valence-corrected chi connectivity index (χ1v) is 6.07. The molecule has 0 heterocycles. The Hall–Kier alpha value is -1.31. The summed E-state index contributed by atoms with van der Waals surface area (Å²) in [5.41, 5.74) is 7.35. The van der Waals surface area contributed by atoms with E-state index in [0.717, 1.165) is 25.2 Å². The molecule has 0 radical (unpaired) electrons. The molecule has 0 aliphatic carbocycles. The van der Waals surface area contributed by atoms with Gasteiger partial charge in [-0.3, -0.25) is 4.99 Å². The molecule has 1 aromatic carbocycles. The number of nitrogens with two attached hydrogens (primary N) is 1. The van der Waals surface area contributed by atoms with E-state index in [2.05, 4.69) is 43.1 Å². The smallest absolute Gasteiger partial charge is 0.104 e. The van der Waals surface area contributed by atoms with Crippen molar-refractivity contribution in [2.75, 3.05) is 6.54 Å². The van der Waals surface area contributed by atoms with Gasteiger partial charge in [-0.05, 0) is 25.3 Å². The highest BCUT2D eigenvalue weighted by molar-refractivity contribution is 5.91. The molecule has 0 atom stereocenters. The summed E-state index contributed by atoms with van der Waals surface area (Å²) in [4.78, 5) is 4.41. The van der Waals surface area contributed by atoms with Crippen LogP contribution in [-0.4, -0.2) is 12.4 Å². The highest BCUT2D eigenvalue weighted by Gasteiger charge is 2.32. The van der Waals surface area contributed by atoms with Crippen molar-refractivity contribution in [3.63, 3.8) is 0 Å². The van der Waals surface area contributed by atoms with Crippen molar-refractivity contribution in [3.8, 4) is 0 Å². The zero-order valence-electron chi connectivity index (χ0n) is 10.5. The third-order valence-electron chi connectivity index (χ3n) is 3.35. The Morgan fingerprint density at radius 1 is 1.12 bits per heavy atom. The predicted octanol–water partition coefficient (Wildman–Crippen LogP) is 3.12. The first-order chi connectivity index (χ1) is 7.71. The summed E-state index contributed by atoms with van der Waals surface area (Å²) in [7, 11) is 0. The lowest BCUT2D eigenvalue weighted by Crippen LogP contribution is -2.40. The normalized spacial score (nSPS) is 12.8. The molecule has 0 unspecified atom stereocenters. The minimum absolute atomic E-state index is 0.0860. The molecule has 0 saturated carbocycles. The van der Waals surface area contributed by atoms with Gasteiger partial charge in [-0.25, -0.2) is 0 Å². The standard InChI is InChI=1S/C14H22N2/c1-4-14(5-2,13(15)16-6-3)12-10-8-7-9-11-12/h7-11H,4-6H2,1-3H3,(H2,15,16). The van der Waals surface area contributed by atoms with Crippen LogP contribution in [0.1, 0.15) is 39.2 Å². The quantitative estimate of drug-likeness (QED) is 0.598. The van der Waals surface area contributed by atoms with Gasteiger partial charge in [0.25, 0.3) is 0 Å². The number of aliphatic imine (C=N–C) groups is 1. The van der Waals surface area contributed by atoms with Crippen LogP contribution in [0, 0.1) is 0 Å². The molecule has 0 saturated heterocycles. The Bertz CT molecular complexity index is 337. The number of benzene rings is 1. The van der Waals surface area contributed by atoms with E-state index in [1.807, 2.05) is 13.0 Å². The van der Waals surface area contributed by atoms with Crippen LogP contribution in [0.15, 0.2) is 35.3 Å². The molecular weight excluding hydrogens is 196 g/mol. The van der Waals surface area contributed by atoms with E-state index < -0.39 is 0 Å². The molecule has 88 valence electrons. The number of rotatable bonds is 5. The monoisotopic (exact) mass is 218 g/mol. The molecule has 2 N–H and O–H groups in total. The van der Waals surface area contributed by atoms with Gasteiger partial charge in [0.1, 0.15) is 5.84 Å². The molecule has 2 heteroatoms. The average Bonchev–Trinajstić information content (AvgIpc) is 2.33.